The van der Waals surface area contributed by atoms with Crippen molar-refractivity contribution >= 4 is 16.8 Å². The standard InChI is InChI=1S/C22H26FN3O2/c23-16-5-7-18-19(9-21(27)24-20(18)8-16)22(28)26-12-15-4-6-17(13-26)25(11-15)10-14-2-1-3-14/h5,7-9,14-15,17H,1-4,6,10-13H2,(H,24,27)/t15-,17-/m0/s1. The first-order valence-electron chi connectivity index (χ1n) is 10.4. The molecular formula is C22H26FN3O2. The Bertz CT molecular complexity index is 968. The van der Waals surface area contributed by atoms with Crippen LogP contribution < -0.4 is 5.56 Å². The van der Waals surface area contributed by atoms with E-state index < -0.39 is 5.82 Å². The Morgan fingerprint density at radius 3 is 2.75 bits per heavy atom. The van der Waals surface area contributed by atoms with Crippen LogP contribution in [0.25, 0.3) is 10.9 Å². The molecule has 4 heterocycles. The Kier molecular flexibility index (Phi) is 4.46. The molecule has 1 aromatic heterocycles. The number of nitrogens with zero attached hydrogens (tertiary/aromatic N) is 2. The lowest BCUT2D eigenvalue weighted by Crippen LogP contribution is -2.47. The summed E-state index contributed by atoms with van der Waals surface area (Å²) in [6.45, 7) is 3.70. The van der Waals surface area contributed by atoms with Crippen LogP contribution >= 0.6 is 0 Å². The lowest BCUT2D eigenvalue weighted by Gasteiger charge is -2.40. The van der Waals surface area contributed by atoms with Crippen LogP contribution in [0.2, 0.25) is 0 Å². The van der Waals surface area contributed by atoms with Crippen LogP contribution in [0.3, 0.4) is 0 Å². The Morgan fingerprint density at radius 1 is 1.11 bits per heavy atom. The fourth-order valence-electron chi connectivity index (χ4n) is 5.16. The van der Waals surface area contributed by atoms with E-state index >= 15 is 0 Å². The largest absolute Gasteiger partial charge is 0.337 e. The van der Waals surface area contributed by atoms with Gasteiger partial charge in [0.15, 0.2) is 0 Å². The van der Waals surface area contributed by atoms with Gasteiger partial charge in [-0.25, -0.2) is 4.39 Å². The van der Waals surface area contributed by atoms with E-state index in [1.165, 1.54) is 37.5 Å². The summed E-state index contributed by atoms with van der Waals surface area (Å²) in [6.07, 6.45) is 6.34. The van der Waals surface area contributed by atoms with Crippen LogP contribution in [0.15, 0.2) is 29.1 Å². The number of amides is 1. The molecule has 4 fully saturated rings. The predicted octanol–water partition coefficient (Wildman–Crippen LogP) is 3.00. The number of pyridine rings is 1. The predicted molar refractivity (Wildman–Crippen MR) is 106 cm³/mol. The minimum absolute atomic E-state index is 0.106. The van der Waals surface area contributed by atoms with Crippen LogP contribution in [0.1, 0.15) is 42.5 Å². The second-order valence-corrected chi connectivity index (χ2v) is 8.80. The molecule has 1 saturated carbocycles. The fraction of sp³-hybridized carbons (Fsp3) is 0.545. The number of aromatic amines is 1. The molecule has 2 atom stereocenters. The molecule has 2 aromatic rings. The van der Waals surface area contributed by atoms with Crippen LogP contribution in [-0.4, -0.2) is 52.9 Å². The van der Waals surface area contributed by atoms with Gasteiger partial charge in [0.1, 0.15) is 5.82 Å². The second-order valence-electron chi connectivity index (χ2n) is 8.80. The Morgan fingerprint density at radius 2 is 1.96 bits per heavy atom. The Hall–Kier alpha value is -2.21. The van der Waals surface area contributed by atoms with Crippen molar-refractivity contribution in [3.8, 4) is 0 Å². The summed E-state index contributed by atoms with van der Waals surface area (Å²) in [5, 5.41) is 0.605. The lowest BCUT2D eigenvalue weighted by atomic mass is 9.83. The van der Waals surface area contributed by atoms with Gasteiger partial charge in [-0.3, -0.25) is 14.5 Å². The molecular weight excluding hydrogens is 357 g/mol. The molecule has 3 aliphatic heterocycles. The van der Waals surface area contributed by atoms with E-state index in [0.29, 0.717) is 28.4 Å². The Labute approximate surface area is 163 Å². The lowest BCUT2D eigenvalue weighted by molar-refractivity contribution is 0.0718. The summed E-state index contributed by atoms with van der Waals surface area (Å²) < 4.78 is 13.6. The van der Waals surface area contributed by atoms with Gasteiger partial charge in [0.25, 0.3) is 5.91 Å². The first kappa shape index (κ1) is 17.9. The molecule has 28 heavy (non-hydrogen) atoms. The number of halogens is 1. The van der Waals surface area contributed by atoms with Crippen molar-refractivity contribution in [3.05, 3.63) is 46.0 Å². The molecule has 1 aliphatic carbocycles. The molecule has 6 rings (SSSR count). The highest BCUT2D eigenvalue weighted by Crippen LogP contribution is 2.33. The molecule has 5 nitrogen and oxygen atoms in total. The maximum atomic E-state index is 13.6. The molecule has 2 bridgehead atoms. The number of piperidine rings is 1. The topological polar surface area (TPSA) is 56.4 Å². The van der Waals surface area contributed by atoms with E-state index in [9.17, 15) is 14.0 Å². The van der Waals surface area contributed by atoms with Crippen LogP contribution in [0.5, 0.6) is 0 Å². The number of fused-ring (bicyclic) bond motifs is 5. The molecule has 0 spiro atoms. The van der Waals surface area contributed by atoms with E-state index in [4.69, 9.17) is 0 Å². The van der Waals surface area contributed by atoms with E-state index in [2.05, 4.69) is 9.88 Å². The van der Waals surface area contributed by atoms with Gasteiger partial charge in [-0.15, -0.1) is 0 Å². The molecule has 148 valence electrons. The number of H-pyrrole nitrogens is 1. The molecule has 4 aliphatic rings. The van der Waals surface area contributed by atoms with Crippen molar-refractivity contribution in [2.45, 2.75) is 38.1 Å². The van der Waals surface area contributed by atoms with Crippen LogP contribution in [-0.2, 0) is 0 Å². The van der Waals surface area contributed by atoms with Crippen molar-refractivity contribution in [1.29, 1.82) is 0 Å². The van der Waals surface area contributed by atoms with Crippen molar-refractivity contribution in [1.82, 2.24) is 14.8 Å². The second kappa shape index (κ2) is 6.99. The third kappa shape index (κ3) is 3.24. The SMILES string of the molecule is O=C(c1cc(=O)[nH]c2cc(F)ccc12)N1C[C@H]2CC[C@@H](C1)N(CC1CCC1)C2. The summed E-state index contributed by atoms with van der Waals surface area (Å²) in [5.74, 6) is 0.792. The van der Waals surface area contributed by atoms with Crippen molar-refractivity contribution in [2.24, 2.45) is 11.8 Å². The maximum absolute atomic E-state index is 13.6. The number of rotatable bonds is 3. The van der Waals surface area contributed by atoms with Crippen molar-refractivity contribution in [3.63, 3.8) is 0 Å². The average Bonchev–Trinajstić information content (AvgIpc) is 2.95. The zero-order chi connectivity index (χ0) is 19.3. The quantitative estimate of drug-likeness (QED) is 0.887. The van der Waals surface area contributed by atoms with Crippen LogP contribution in [0, 0.1) is 17.7 Å². The monoisotopic (exact) mass is 383 g/mol. The summed E-state index contributed by atoms with van der Waals surface area (Å²) in [7, 11) is 0. The highest BCUT2D eigenvalue weighted by Gasteiger charge is 2.38. The molecule has 1 N–H and O–H groups in total. The zero-order valence-corrected chi connectivity index (χ0v) is 16.0. The molecule has 3 saturated heterocycles. The third-order valence-electron chi connectivity index (χ3n) is 6.87. The Balaban J connectivity index is 1.43. The van der Waals surface area contributed by atoms with Gasteiger partial charge < -0.3 is 9.88 Å². The van der Waals surface area contributed by atoms with Gasteiger partial charge >= 0.3 is 0 Å². The number of aromatic nitrogens is 1. The first-order chi connectivity index (χ1) is 13.6. The number of hydrogen-bond acceptors (Lipinski definition) is 3. The van der Waals surface area contributed by atoms with E-state index in [-0.39, 0.29) is 11.5 Å². The van der Waals surface area contributed by atoms with Crippen LogP contribution in [0.4, 0.5) is 4.39 Å². The van der Waals surface area contributed by atoms with Gasteiger partial charge in [-0.2, -0.15) is 0 Å². The number of hydrogen-bond donors (Lipinski definition) is 1. The van der Waals surface area contributed by atoms with Gasteiger partial charge in [0.2, 0.25) is 5.56 Å². The van der Waals surface area contributed by atoms with E-state index in [0.717, 1.165) is 44.9 Å². The summed E-state index contributed by atoms with van der Waals surface area (Å²) in [6, 6.07) is 5.98. The maximum Gasteiger partial charge on any atom is 0.254 e. The molecule has 0 radical (unpaired) electrons. The van der Waals surface area contributed by atoms with Gasteiger partial charge in [0.05, 0.1) is 11.1 Å². The number of nitrogens with one attached hydrogen (secondary N) is 1. The fourth-order valence-corrected chi connectivity index (χ4v) is 5.16. The molecule has 1 aromatic carbocycles. The van der Waals surface area contributed by atoms with E-state index in [1.807, 2.05) is 4.90 Å². The van der Waals surface area contributed by atoms with E-state index in [1.54, 1.807) is 6.07 Å². The highest BCUT2D eigenvalue weighted by atomic mass is 19.1. The normalized spacial score (nSPS) is 25.7. The smallest absolute Gasteiger partial charge is 0.254 e. The number of carbonyl (C=O) groups excluding carboxylic acids is 1. The summed E-state index contributed by atoms with van der Waals surface area (Å²) in [4.78, 5) is 32.6. The van der Waals surface area contributed by atoms with Crippen molar-refractivity contribution in [2.75, 3.05) is 26.2 Å². The molecule has 6 heteroatoms. The third-order valence-corrected chi connectivity index (χ3v) is 6.87. The molecule has 0 unspecified atom stereocenters. The minimum atomic E-state index is -0.424. The number of benzene rings is 1. The average molecular weight is 383 g/mol. The summed E-state index contributed by atoms with van der Waals surface area (Å²) >= 11 is 0. The van der Waals surface area contributed by atoms with Gasteiger partial charge in [-0.05, 0) is 55.7 Å². The highest BCUT2D eigenvalue weighted by molar-refractivity contribution is 6.06. The zero-order valence-electron chi connectivity index (χ0n) is 16.0. The number of carbonyl (C=O) groups is 1. The van der Waals surface area contributed by atoms with Crippen molar-refractivity contribution < 1.29 is 9.18 Å². The van der Waals surface area contributed by atoms with Gasteiger partial charge in [0, 0.05) is 43.7 Å². The first-order valence-corrected chi connectivity index (χ1v) is 10.4. The minimum Gasteiger partial charge on any atom is -0.337 e. The van der Waals surface area contributed by atoms with Gasteiger partial charge in [-0.1, -0.05) is 6.42 Å². The molecule has 1 amide bonds. The summed E-state index contributed by atoms with van der Waals surface area (Å²) in [5.41, 5.74) is 0.386.